The fraction of sp³-hybridized carbons (Fsp3) is 0.588. The van der Waals surface area contributed by atoms with Crippen molar-refractivity contribution in [3.05, 3.63) is 64.2 Å². The lowest BCUT2D eigenvalue weighted by Crippen LogP contribution is -2.64. The molecule has 2 aromatic rings. The summed E-state index contributed by atoms with van der Waals surface area (Å²) in [6, 6.07) is 13.7. The molecule has 5 atom stereocenters. The first-order valence-electron chi connectivity index (χ1n) is 15.4. The van der Waals surface area contributed by atoms with E-state index in [2.05, 4.69) is 93.1 Å². The van der Waals surface area contributed by atoms with E-state index in [4.69, 9.17) is 0 Å². The van der Waals surface area contributed by atoms with Crippen LogP contribution in [0.25, 0.3) is 0 Å². The van der Waals surface area contributed by atoms with Crippen LogP contribution in [0.4, 0.5) is 5.69 Å². The Morgan fingerprint density at radius 2 is 1.93 bits per heavy atom. The van der Waals surface area contributed by atoms with Gasteiger partial charge in [0.25, 0.3) is 5.91 Å². The van der Waals surface area contributed by atoms with Gasteiger partial charge in [-0.25, -0.2) is 0 Å². The molecule has 0 radical (unpaired) electrons. The Balaban J connectivity index is 1.26. The number of carbonyl (C=O) groups excluding carboxylic acids is 1. The Kier molecular flexibility index (Phi) is 6.97. The number of aryl methyl sites for hydroxylation is 2. The summed E-state index contributed by atoms with van der Waals surface area (Å²) in [5.74, 6) is 2.61. The van der Waals surface area contributed by atoms with Crippen LogP contribution >= 0.6 is 0 Å². The molecule has 4 fully saturated rings. The van der Waals surface area contributed by atoms with Crippen LogP contribution in [0.1, 0.15) is 73.1 Å². The molecule has 0 unspecified atom stereocenters. The summed E-state index contributed by atoms with van der Waals surface area (Å²) in [6.07, 6.45) is 3.30. The van der Waals surface area contributed by atoms with Gasteiger partial charge in [-0.15, -0.1) is 0 Å². The molecule has 2 aliphatic heterocycles. The predicted octanol–water partition coefficient (Wildman–Crippen LogP) is 5.61. The van der Waals surface area contributed by atoms with Crippen molar-refractivity contribution >= 4 is 17.6 Å². The Bertz CT molecular complexity index is 1320. The summed E-state index contributed by atoms with van der Waals surface area (Å²) < 4.78 is 0. The van der Waals surface area contributed by atoms with Gasteiger partial charge in [0, 0.05) is 56.1 Å². The van der Waals surface area contributed by atoms with Crippen LogP contribution in [0.2, 0.25) is 0 Å². The molecule has 2 aromatic carbocycles. The summed E-state index contributed by atoms with van der Waals surface area (Å²) in [4.78, 5) is 20.2. The molecule has 2 bridgehead atoms. The minimum Gasteiger partial charge on any atom is -0.340 e. The van der Waals surface area contributed by atoms with E-state index in [1.807, 2.05) is 4.90 Å². The number of rotatable bonds is 5. The lowest BCUT2D eigenvalue weighted by atomic mass is 9.44. The Hall–Kier alpha value is -2.86. The Morgan fingerprint density at radius 1 is 1.12 bits per heavy atom. The third kappa shape index (κ3) is 4.62. The van der Waals surface area contributed by atoms with Crippen molar-refractivity contribution in [2.75, 3.05) is 31.1 Å². The van der Waals surface area contributed by atoms with Gasteiger partial charge in [0.2, 0.25) is 0 Å². The third-order valence-corrected chi connectivity index (χ3v) is 10.9. The molecule has 6 nitrogen and oxygen atoms in total. The van der Waals surface area contributed by atoms with Crippen molar-refractivity contribution < 1.29 is 4.79 Å². The number of benzene rings is 2. The second-order valence-corrected chi connectivity index (χ2v) is 13.8. The Labute approximate surface area is 240 Å². The van der Waals surface area contributed by atoms with Gasteiger partial charge in [-0.2, -0.15) is 0 Å². The van der Waals surface area contributed by atoms with E-state index in [0.29, 0.717) is 41.7 Å². The molecule has 6 heteroatoms. The molecule has 40 heavy (non-hydrogen) atoms. The highest BCUT2D eigenvalue weighted by Gasteiger charge is 2.57. The maximum atomic E-state index is 13.7. The van der Waals surface area contributed by atoms with Crippen molar-refractivity contribution in [1.29, 1.82) is 5.41 Å². The highest BCUT2D eigenvalue weighted by Crippen LogP contribution is 2.62. The molecular formula is C34H47N5O. The normalized spacial score (nSPS) is 28.8. The molecule has 214 valence electrons. The number of guanidine groups is 1. The molecule has 7 rings (SSSR count). The number of hydrogen-bond acceptors (Lipinski definition) is 3. The Morgan fingerprint density at radius 3 is 2.62 bits per heavy atom. The average Bonchev–Trinajstić information content (AvgIpc) is 3.23. The summed E-state index contributed by atoms with van der Waals surface area (Å²) in [6.45, 7) is 17.7. The molecule has 3 saturated carbocycles. The zero-order chi connectivity index (χ0) is 28.3. The van der Waals surface area contributed by atoms with E-state index < -0.39 is 0 Å². The number of fused-ring (bicyclic) bond motifs is 3. The van der Waals surface area contributed by atoms with Gasteiger partial charge < -0.3 is 20.0 Å². The van der Waals surface area contributed by atoms with Crippen LogP contribution in [0.5, 0.6) is 0 Å². The number of carbonyl (C=O) groups is 1. The lowest BCUT2D eigenvalue weighted by Gasteiger charge is -2.63. The fourth-order valence-corrected chi connectivity index (χ4v) is 8.27. The van der Waals surface area contributed by atoms with Crippen molar-refractivity contribution in [2.24, 2.45) is 23.2 Å². The molecule has 0 aromatic heterocycles. The smallest absolute Gasteiger partial charge is 0.254 e. The number of anilines is 1. The summed E-state index contributed by atoms with van der Waals surface area (Å²) in [5, 5.41) is 13.0. The number of piperazine rings is 1. The van der Waals surface area contributed by atoms with Crippen molar-refractivity contribution in [2.45, 2.75) is 79.4 Å². The summed E-state index contributed by atoms with van der Waals surface area (Å²) in [7, 11) is 0. The van der Waals surface area contributed by atoms with Crippen LogP contribution in [0, 0.1) is 42.4 Å². The topological polar surface area (TPSA) is 62.7 Å². The monoisotopic (exact) mass is 541 g/mol. The third-order valence-electron chi connectivity index (χ3n) is 10.9. The van der Waals surface area contributed by atoms with Gasteiger partial charge in [-0.1, -0.05) is 50.6 Å². The summed E-state index contributed by atoms with van der Waals surface area (Å²) >= 11 is 0. The first kappa shape index (κ1) is 27.3. The molecule has 5 aliphatic rings. The molecule has 1 amide bonds. The van der Waals surface area contributed by atoms with E-state index in [-0.39, 0.29) is 11.9 Å². The van der Waals surface area contributed by atoms with Crippen molar-refractivity contribution in [1.82, 2.24) is 15.1 Å². The maximum Gasteiger partial charge on any atom is 0.254 e. The van der Waals surface area contributed by atoms with Crippen LogP contribution < -0.4 is 10.2 Å². The molecule has 1 saturated heterocycles. The zero-order valence-corrected chi connectivity index (χ0v) is 25.3. The van der Waals surface area contributed by atoms with E-state index in [9.17, 15) is 10.2 Å². The van der Waals surface area contributed by atoms with E-state index in [1.165, 1.54) is 23.1 Å². The van der Waals surface area contributed by atoms with E-state index in [1.54, 1.807) is 0 Å². The zero-order valence-electron chi connectivity index (χ0n) is 25.3. The van der Waals surface area contributed by atoms with Gasteiger partial charge in [0.1, 0.15) is 0 Å². The largest absolute Gasteiger partial charge is 0.340 e. The first-order valence-corrected chi connectivity index (χ1v) is 15.4. The van der Waals surface area contributed by atoms with Gasteiger partial charge >= 0.3 is 0 Å². The number of nitrogens with zero attached hydrogens (tertiary/aromatic N) is 3. The maximum absolute atomic E-state index is 13.7. The number of amides is 1. The number of nitrogens with one attached hydrogen (secondary N) is 2. The molecule has 0 spiro atoms. The second kappa shape index (κ2) is 10.2. The minimum atomic E-state index is 0.129. The van der Waals surface area contributed by atoms with Crippen LogP contribution in [-0.4, -0.2) is 59.9 Å². The fourth-order valence-electron chi connectivity index (χ4n) is 8.27. The highest BCUT2D eigenvalue weighted by molar-refractivity contribution is 6.01. The molecule has 3 aliphatic carbocycles. The lowest BCUT2D eigenvalue weighted by molar-refractivity contribution is -0.108. The van der Waals surface area contributed by atoms with Gasteiger partial charge in [0.15, 0.2) is 5.96 Å². The summed E-state index contributed by atoms with van der Waals surface area (Å²) in [5.41, 5.74) is 7.21. The van der Waals surface area contributed by atoms with E-state index in [0.717, 1.165) is 55.8 Å². The first-order chi connectivity index (χ1) is 19.0. The van der Waals surface area contributed by atoms with Crippen LogP contribution in [0.3, 0.4) is 0 Å². The van der Waals surface area contributed by atoms with Gasteiger partial charge in [-0.05, 0) is 92.0 Å². The van der Waals surface area contributed by atoms with Gasteiger partial charge in [-0.3, -0.25) is 10.2 Å². The standard InChI is InChI=1S/C34H47N5O/c1-21-7-8-25(22(2)15-21)11-13-37-20-26-9-10-28(18-29(26)32(37)40)39(33(35)38-14-12-36-23(3)19-38)31-17-27-16-30(24(31)4)34(27,5)6/h7-10,15,18,23-24,27,30-31,35-36H,11-14,16-17,19-20H2,1-6H3/t23-,24-,27+,30-,31-/m0/s1. The predicted molar refractivity (Wildman–Crippen MR) is 163 cm³/mol. The van der Waals surface area contributed by atoms with Crippen LogP contribution in [0.15, 0.2) is 36.4 Å². The highest BCUT2D eigenvalue weighted by atomic mass is 16.2. The van der Waals surface area contributed by atoms with Crippen LogP contribution in [-0.2, 0) is 13.0 Å². The quantitative estimate of drug-likeness (QED) is 0.382. The van der Waals surface area contributed by atoms with E-state index >= 15 is 0 Å². The van der Waals surface area contributed by atoms with Gasteiger partial charge in [0.05, 0.1) is 0 Å². The number of hydrogen-bond donors (Lipinski definition) is 2. The average molecular weight is 542 g/mol. The SMILES string of the molecule is Cc1ccc(CCN2Cc3ccc(N(C(=N)N4CCN[C@@H](C)C4)[C@H]4C[C@H]5C[C@@H]([C@@H]4C)C5(C)C)cc3C2=O)c(C)c1. The molecule has 2 heterocycles. The molecule has 2 N–H and O–H groups in total. The van der Waals surface area contributed by atoms with Crippen molar-refractivity contribution in [3.63, 3.8) is 0 Å². The van der Waals surface area contributed by atoms with Crippen molar-refractivity contribution in [3.8, 4) is 0 Å². The molecular weight excluding hydrogens is 494 g/mol. The second-order valence-electron chi connectivity index (χ2n) is 13.8. The minimum absolute atomic E-state index is 0.129.